The zero-order valence-electron chi connectivity index (χ0n) is 15.0. The van der Waals surface area contributed by atoms with Crippen molar-refractivity contribution >= 4 is 5.97 Å². The van der Waals surface area contributed by atoms with E-state index in [0.29, 0.717) is 32.2 Å². The lowest BCUT2D eigenvalue weighted by molar-refractivity contribution is -0.203. The van der Waals surface area contributed by atoms with Gasteiger partial charge in [0.2, 0.25) is 0 Å². The van der Waals surface area contributed by atoms with Crippen molar-refractivity contribution in [3.8, 4) is 0 Å². The van der Waals surface area contributed by atoms with E-state index in [2.05, 4.69) is 13.8 Å². The lowest BCUT2D eigenvalue weighted by Crippen LogP contribution is -2.55. The van der Waals surface area contributed by atoms with Crippen LogP contribution in [-0.4, -0.2) is 49.7 Å². The van der Waals surface area contributed by atoms with Crippen molar-refractivity contribution in [1.82, 2.24) is 0 Å². The van der Waals surface area contributed by atoms with E-state index in [4.69, 9.17) is 14.2 Å². The first kappa shape index (κ1) is 20.4. The van der Waals surface area contributed by atoms with Gasteiger partial charge >= 0.3 is 5.97 Å². The number of rotatable bonds is 12. The first-order valence-electron chi connectivity index (χ1n) is 9.08. The van der Waals surface area contributed by atoms with Crippen LogP contribution in [0.15, 0.2) is 0 Å². The summed E-state index contributed by atoms with van der Waals surface area (Å²) in [7, 11) is 1.62. The molecule has 0 aromatic carbocycles. The van der Waals surface area contributed by atoms with Crippen molar-refractivity contribution in [2.75, 3.05) is 26.9 Å². The Balaban J connectivity index is 2.71. The molecule has 1 N–H and O–H groups in total. The van der Waals surface area contributed by atoms with E-state index >= 15 is 0 Å². The summed E-state index contributed by atoms with van der Waals surface area (Å²) in [6.45, 7) is 5.71. The van der Waals surface area contributed by atoms with Crippen LogP contribution in [0.2, 0.25) is 0 Å². The first-order valence-corrected chi connectivity index (χ1v) is 9.08. The lowest BCUT2D eigenvalue weighted by Gasteiger charge is -2.40. The van der Waals surface area contributed by atoms with E-state index in [9.17, 15) is 9.90 Å². The maximum atomic E-state index is 12.0. The molecule has 3 atom stereocenters. The van der Waals surface area contributed by atoms with Crippen molar-refractivity contribution in [2.24, 2.45) is 5.92 Å². The average molecular weight is 330 g/mol. The second-order valence-corrected chi connectivity index (χ2v) is 6.52. The molecule has 0 radical (unpaired) electrons. The van der Waals surface area contributed by atoms with Crippen LogP contribution in [0.25, 0.3) is 0 Å². The van der Waals surface area contributed by atoms with Gasteiger partial charge in [-0.25, -0.2) is 4.79 Å². The second-order valence-electron chi connectivity index (χ2n) is 6.52. The van der Waals surface area contributed by atoms with E-state index in [1.165, 1.54) is 0 Å². The maximum absolute atomic E-state index is 12.0. The molecule has 0 aromatic rings. The number of carboxylic acid groups (broad SMARTS) is 1. The number of hydrogen-bond acceptors (Lipinski definition) is 4. The van der Waals surface area contributed by atoms with E-state index < -0.39 is 11.6 Å². The number of unbranched alkanes of at least 4 members (excludes halogenated alkanes) is 1. The van der Waals surface area contributed by atoms with Gasteiger partial charge in [-0.2, -0.15) is 0 Å². The Morgan fingerprint density at radius 1 is 1.30 bits per heavy atom. The number of hydrogen-bond donors (Lipinski definition) is 1. The third-order valence-corrected chi connectivity index (χ3v) is 4.87. The minimum Gasteiger partial charge on any atom is -0.479 e. The molecule has 23 heavy (non-hydrogen) atoms. The SMILES string of the molecule is CCCCC(CC)COC1(C(=O)O)CCCCC1OCCOC. The van der Waals surface area contributed by atoms with Crippen molar-refractivity contribution < 1.29 is 24.1 Å². The van der Waals surface area contributed by atoms with Crippen LogP contribution in [0.3, 0.4) is 0 Å². The van der Waals surface area contributed by atoms with E-state index in [-0.39, 0.29) is 6.10 Å². The number of aliphatic carboxylic acids is 1. The Labute approximate surface area is 140 Å². The molecular weight excluding hydrogens is 296 g/mol. The summed E-state index contributed by atoms with van der Waals surface area (Å²) >= 11 is 0. The van der Waals surface area contributed by atoms with Crippen molar-refractivity contribution in [1.29, 1.82) is 0 Å². The van der Waals surface area contributed by atoms with Crippen LogP contribution in [0.5, 0.6) is 0 Å². The molecule has 3 unspecified atom stereocenters. The molecule has 0 aromatic heterocycles. The normalized spacial score (nSPS) is 26.1. The highest BCUT2D eigenvalue weighted by atomic mass is 16.6. The topological polar surface area (TPSA) is 65.0 Å². The van der Waals surface area contributed by atoms with Gasteiger partial charge in [-0.1, -0.05) is 39.5 Å². The summed E-state index contributed by atoms with van der Waals surface area (Å²) in [6, 6.07) is 0. The zero-order chi connectivity index (χ0) is 17.1. The standard InChI is InChI=1S/C18H34O5/c1-4-6-9-15(5-2)14-23-18(17(19)20)11-8-7-10-16(18)22-13-12-21-3/h15-16H,4-14H2,1-3H3,(H,19,20). The number of ether oxygens (including phenoxy) is 3. The van der Waals surface area contributed by atoms with Crippen LogP contribution >= 0.6 is 0 Å². The molecule has 0 saturated heterocycles. The third-order valence-electron chi connectivity index (χ3n) is 4.87. The van der Waals surface area contributed by atoms with Crippen LogP contribution in [-0.2, 0) is 19.0 Å². The van der Waals surface area contributed by atoms with Gasteiger partial charge in [-0.3, -0.25) is 0 Å². The summed E-state index contributed by atoms with van der Waals surface area (Å²) in [5.41, 5.74) is -1.19. The molecule has 0 amide bonds. The van der Waals surface area contributed by atoms with Crippen LogP contribution < -0.4 is 0 Å². The van der Waals surface area contributed by atoms with Gasteiger partial charge < -0.3 is 19.3 Å². The van der Waals surface area contributed by atoms with Gasteiger partial charge in [0.15, 0.2) is 5.60 Å². The van der Waals surface area contributed by atoms with Gasteiger partial charge in [-0.05, 0) is 31.6 Å². The van der Waals surface area contributed by atoms with E-state index in [1.54, 1.807) is 7.11 Å². The highest BCUT2D eigenvalue weighted by Gasteiger charge is 2.49. The van der Waals surface area contributed by atoms with Crippen molar-refractivity contribution in [3.05, 3.63) is 0 Å². The third kappa shape index (κ3) is 6.05. The van der Waals surface area contributed by atoms with Gasteiger partial charge in [0, 0.05) is 7.11 Å². The molecule has 5 nitrogen and oxygen atoms in total. The fourth-order valence-corrected chi connectivity index (χ4v) is 3.24. The molecular formula is C18H34O5. The largest absolute Gasteiger partial charge is 0.479 e. The van der Waals surface area contributed by atoms with Crippen molar-refractivity contribution in [2.45, 2.75) is 76.9 Å². The van der Waals surface area contributed by atoms with Gasteiger partial charge in [0.1, 0.15) is 0 Å². The van der Waals surface area contributed by atoms with Crippen LogP contribution in [0.1, 0.15) is 65.2 Å². The van der Waals surface area contributed by atoms with Crippen LogP contribution in [0.4, 0.5) is 0 Å². The Morgan fingerprint density at radius 3 is 2.70 bits per heavy atom. The molecule has 136 valence electrons. The average Bonchev–Trinajstić information content (AvgIpc) is 2.56. The Bertz CT molecular complexity index is 333. The number of methoxy groups -OCH3 is 1. The molecule has 1 saturated carbocycles. The summed E-state index contributed by atoms with van der Waals surface area (Å²) in [5, 5.41) is 9.84. The minimum atomic E-state index is -1.19. The quantitative estimate of drug-likeness (QED) is 0.553. The summed E-state index contributed by atoms with van der Waals surface area (Å²) in [5.74, 6) is -0.460. The smallest absolute Gasteiger partial charge is 0.338 e. The molecule has 0 bridgehead atoms. The number of carbonyl (C=O) groups is 1. The monoisotopic (exact) mass is 330 g/mol. The van der Waals surface area contributed by atoms with E-state index in [0.717, 1.165) is 44.9 Å². The van der Waals surface area contributed by atoms with Gasteiger partial charge in [0.25, 0.3) is 0 Å². The van der Waals surface area contributed by atoms with Crippen LogP contribution in [0, 0.1) is 5.92 Å². The fraction of sp³-hybridized carbons (Fsp3) is 0.944. The molecule has 0 spiro atoms. The van der Waals surface area contributed by atoms with Gasteiger partial charge in [0.05, 0.1) is 25.9 Å². The predicted molar refractivity (Wildman–Crippen MR) is 89.7 cm³/mol. The molecule has 1 rings (SSSR count). The summed E-state index contributed by atoms with van der Waals surface area (Å²) < 4.78 is 16.9. The second kappa shape index (κ2) is 11.0. The molecule has 1 aliphatic carbocycles. The van der Waals surface area contributed by atoms with Gasteiger partial charge in [-0.15, -0.1) is 0 Å². The molecule has 0 heterocycles. The highest BCUT2D eigenvalue weighted by Crippen LogP contribution is 2.35. The minimum absolute atomic E-state index is 0.382. The molecule has 5 heteroatoms. The van der Waals surface area contributed by atoms with Crippen molar-refractivity contribution in [3.63, 3.8) is 0 Å². The molecule has 0 aliphatic heterocycles. The Kier molecular flexibility index (Phi) is 9.75. The molecule has 1 fully saturated rings. The lowest BCUT2D eigenvalue weighted by atomic mass is 9.81. The maximum Gasteiger partial charge on any atom is 0.338 e. The highest BCUT2D eigenvalue weighted by molar-refractivity contribution is 5.78. The first-order chi connectivity index (χ1) is 11.1. The summed E-state index contributed by atoms with van der Waals surface area (Å²) in [6.07, 6.45) is 7.19. The van der Waals surface area contributed by atoms with E-state index in [1.807, 2.05) is 0 Å². The fourth-order valence-electron chi connectivity index (χ4n) is 3.24. The summed E-state index contributed by atoms with van der Waals surface area (Å²) in [4.78, 5) is 12.0. The number of carboxylic acids is 1. The Morgan fingerprint density at radius 2 is 2.09 bits per heavy atom. The molecule has 1 aliphatic rings. The zero-order valence-corrected chi connectivity index (χ0v) is 15.0. The predicted octanol–water partition coefficient (Wildman–Crippen LogP) is 3.65. The Hall–Kier alpha value is -0.650.